The maximum atomic E-state index is 12.0. The number of anilines is 1. The molecule has 0 bridgehead atoms. The first-order valence-electron chi connectivity index (χ1n) is 9.12. The van der Waals surface area contributed by atoms with E-state index in [0.717, 1.165) is 6.42 Å². The molecule has 0 unspecified atom stereocenters. The van der Waals surface area contributed by atoms with Gasteiger partial charge in [-0.15, -0.1) is 0 Å². The highest BCUT2D eigenvalue weighted by Crippen LogP contribution is 2.31. The first-order valence-corrected chi connectivity index (χ1v) is 9.12. The number of urea groups is 1. The van der Waals surface area contributed by atoms with Crippen LogP contribution in [0.4, 0.5) is 10.5 Å². The van der Waals surface area contributed by atoms with E-state index in [9.17, 15) is 19.2 Å². The van der Waals surface area contributed by atoms with Gasteiger partial charge in [-0.1, -0.05) is 26.0 Å². The van der Waals surface area contributed by atoms with Crippen LogP contribution in [0.3, 0.4) is 0 Å². The van der Waals surface area contributed by atoms with Crippen LogP contribution in [0.1, 0.15) is 26.7 Å². The number of amides is 4. The molecule has 2 N–H and O–H groups in total. The molecule has 0 atom stereocenters. The van der Waals surface area contributed by atoms with Crippen LogP contribution in [0.2, 0.25) is 0 Å². The second kappa shape index (κ2) is 10.3. The number of rotatable bonds is 8. The number of benzene rings is 1. The number of fused-ring (bicyclic) bond motifs is 1. The van der Waals surface area contributed by atoms with E-state index in [0.29, 0.717) is 23.9 Å². The van der Waals surface area contributed by atoms with Crippen molar-refractivity contribution in [3.8, 4) is 5.75 Å². The molecular weight excluding hydrogens is 366 g/mol. The summed E-state index contributed by atoms with van der Waals surface area (Å²) in [7, 11) is 0. The van der Waals surface area contributed by atoms with E-state index in [1.54, 1.807) is 24.3 Å². The lowest BCUT2D eigenvalue weighted by molar-refractivity contribution is -0.148. The summed E-state index contributed by atoms with van der Waals surface area (Å²) in [5.41, 5.74) is 0.586. The Balaban J connectivity index is 1.71. The Bertz CT molecular complexity index is 734. The third-order valence-corrected chi connectivity index (χ3v) is 3.97. The molecule has 0 saturated heterocycles. The lowest BCUT2D eigenvalue weighted by atomic mass is 10.1. The summed E-state index contributed by atoms with van der Waals surface area (Å²) < 4.78 is 10.2. The molecule has 9 nitrogen and oxygen atoms in total. The molecule has 0 aliphatic carbocycles. The Morgan fingerprint density at radius 3 is 2.75 bits per heavy atom. The normalized spacial score (nSPS) is 12.8. The maximum Gasteiger partial charge on any atom is 0.321 e. The van der Waals surface area contributed by atoms with Crippen LogP contribution in [-0.4, -0.2) is 50.1 Å². The van der Waals surface area contributed by atoms with Crippen LogP contribution in [0, 0.1) is 5.92 Å². The Hall–Kier alpha value is -3.10. The van der Waals surface area contributed by atoms with Gasteiger partial charge < -0.3 is 19.7 Å². The molecule has 0 spiro atoms. The first-order chi connectivity index (χ1) is 13.4. The fourth-order valence-corrected chi connectivity index (χ4v) is 2.50. The number of nitrogens with zero attached hydrogens (tertiary/aromatic N) is 1. The fraction of sp³-hybridized carbons (Fsp3) is 0.474. The van der Waals surface area contributed by atoms with Crippen molar-refractivity contribution in [2.75, 3.05) is 31.2 Å². The van der Waals surface area contributed by atoms with Gasteiger partial charge in [0.1, 0.15) is 5.75 Å². The average Bonchev–Trinajstić information content (AvgIpc) is 2.65. The smallest absolute Gasteiger partial charge is 0.321 e. The molecule has 152 valence electrons. The van der Waals surface area contributed by atoms with E-state index in [-0.39, 0.29) is 25.5 Å². The highest BCUT2D eigenvalue weighted by Gasteiger charge is 2.25. The topological polar surface area (TPSA) is 114 Å². The minimum atomic E-state index is -0.719. The summed E-state index contributed by atoms with van der Waals surface area (Å²) in [6, 6.07) is 6.39. The number of nitrogens with one attached hydrogen (secondary N) is 2. The zero-order chi connectivity index (χ0) is 20.5. The van der Waals surface area contributed by atoms with E-state index in [2.05, 4.69) is 10.6 Å². The van der Waals surface area contributed by atoms with E-state index >= 15 is 0 Å². The Morgan fingerprint density at radius 1 is 1.25 bits per heavy atom. The fourth-order valence-electron chi connectivity index (χ4n) is 2.50. The van der Waals surface area contributed by atoms with Gasteiger partial charge in [-0.3, -0.25) is 19.7 Å². The molecule has 4 amide bonds. The van der Waals surface area contributed by atoms with Crippen LogP contribution in [-0.2, 0) is 19.1 Å². The van der Waals surface area contributed by atoms with Gasteiger partial charge in [0, 0.05) is 13.1 Å². The number of carbonyl (C=O) groups is 4. The number of carbonyl (C=O) groups excluding carboxylic acids is 4. The van der Waals surface area contributed by atoms with Crippen LogP contribution in [0.15, 0.2) is 24.3 Å². The number of esters is 1. The second-order valence-electron chi connectivity index (χ2n) is 6.70. The quantitative estimate of drug-likeness (QED) is 0.644. The van der Waals surface area contributed by atoms with Crippen molar-refractivity contribution < 1.29 is 28.7 Å². The van der Waals surface area contributed by atoms with Crippen LogP contribution in [0.25, 0.3) is 0 Å². The zero-order valence-corrected chi connectivity index (χ0v) is 16.0. The molecule has 1 aliphatic heterocycles. The van der Waals surface area contributed by atoms with Gasteiger partial charge in [-0.25, -0.2) is 4.79 Å². The number of ether oxygens (including phenoxy) is 2. The van der Waals surface area contributed by atoms with Gasteiger partial charge in [0.25, 0.3) is 11.8 Å². The number of hydrogen-bond donors (Lipinski definition) is 2. The van der Waals surface area contributed by atoms with Crippen LogP contribution < -0.4 is 20.3 Å². The molecule has 0 radical (unpaired) electrons. The van der Waals surface area contributed by atoms with Gasteiger partial charge in [-0.2, -0.15) is 0 Å². The summed E-state index contributed by atoms with van der Waals surface area (Å²) in [6.07, 6.45) is 0.702. The average molecular weight is 391 g/mol. The standard InChI is InChI=1S/C19H25N3O6/c1-13(2)7-9-20-19(26)21-16(23)11-28-18(25)8-10-22-14-5-3-4-6-15(14)27-12-17(22)24/h3-6,13H,7-12H2,1-2H3,(H2,20,21,23,26). The van der Waals surface area contributed by atoms with Crippen molar-refractivity contribution in [2.24, 2.45) is 5.92 Å². The predicted octanol–water partition coefficient (Wildman–Crippen LogP) is 1.22. The summed E-state index contributed by atoms with van der Waals surface area (Å²) in [4.78, 5) is 48.5. The van der Waals surface area contributed by atoms with Gasteiger partial charge in [0.2, 0.25) is 0 Å². The van der Waals surface area contributed by atoms with E-state index < -0.39 is 24.5 Å². The van der Waals surface area contributed by atoms with Gasteiger partial charge >= 0.3 is 12.0 Å². The maximum absolute atomic E-state index is 12.0. The Labute approximate surface area is 163 Å². The third-order valence-electron chi connectivity index (χ3n) is 3.97. The van der Waals surface area contributed by atoms with Crippen molar-refractivity contribution in [1.82, 2.24) is 10.6 Å². The highest BCUT2D eigenvalue weighted by molar-refractivity contribution is 5.98. The lowest BCUT2D eigenvalue weighted by Crippen LogP contribution is -2.42. The number of para-hydroxylation sites is 2. The zero-order valence-electron chi connectivity index (χ0n) is 16.0. The van der Waals surface area contributed by atoms with Crippen LogP contribution in [0.5, 0.6) is 5.75 Å². The van der Waals surface area contributed by atoms with Crippen molar-refractivity contribution in [2.45, 2.75) is 26.7 Å². The molecule has 1 aliphatic rings. The molecule has 1 heterocycles. The predicted molar refractivity (Wildman–Crippen MR) is 101 cm³/mol. The number of imide groups is 1. The SMILES string of the molecule is CC(C)CCNC(=O)NC(=O)COC(=O)CCN1C(=O)COc2ccccc21. The van der Waals surface area contributed by atoms with Gasteiger partial charge in [-0.05, 0) is 24.5 Å². The third kappa shape index (κ3) is 6.57. The first kappa shape index (κ1) is 21.2. The lowest BCUT2D eigenvalue weighted by Gasteiger charge is -2.28. The molecule has 0 aromatic heterocycles. The summed E-state index contributed by atoms with van der Waals surface area (Å²) in [6.45, 7) is 3.94. The van der Waals surface area contributed by atoms with E-state index in [1.165, 1.54) is 4.90 Å². The Morgan fingerprint density at radius 2 is 2.00 bits per heavy atom. The summed E-state index contributed by atoms with van der Waals surface area (Å²) >= 11 is 0. The molecule has 0 saturated carbocycles. The molecule has 1 aromatic carbocycles. The Kier molecular flexibility index (Phi) is 7.79. The minimum absolute atomic E-state index is 0.0893. The monoisotopic (exact) mass is 391 g/mol. The summed E-state index contributed by atoms with van der Waals surface area (Å²) in [5, 5.41) is 4.63. The molecule has 9 heteroatoms. The number of hydrogen-bond acceptors (Lipinski definition) is 6. The largest absolute Gasteiger partial charge is 0.482 e. The molecule has 0 fully saturated rings. The van der Waals surface area contributed by atoms with Gasteiger partial charge in [0.15, 0.2) is 13.2 Å². The molecule has 2 rings (SSSR count). The van der Waals surface area contributed by atoms with Crippen molar-refractivity contribution in [3.63, 3.8) is 0 Å². The van der Waals surface area contributed by atoms with Crippen molar-refractivity contribution in [3.05, 3.63) is 24.3 Å². The summed E-state index contributed by atoms with van der Waals surface area (Å²) in [5.74, 6) is -0.627. The van der Waals surface area contributed by atoms with Crippen molar-refractivity contribution >= 4 is 29.5 Å². The van der Waals surface area contributed by atoms with Crippen LogP contribution >= 0.6 is 0 Å². The minimum Gasteiger partial charge on any atom is -0.482 e. The highest BCUT2D eigenvalue weighted by atomic mass is 16.5. The second-order valence-corrected chi connectivity index (χ2v) is 6.70. The van der Waals surface area contributed by atoms with E-state index in [4.69, 9.17) is 9.47 Å². The van der Waals surface area contributed by atoms with E-state index in [1.807, 2.05) is 13.8 Å². The van der Waals surface area contributed by atoms with Gasteiger partial charge in [0.05, 0.1) is 12.1 Å². The molecule has 1 aromatic rings. The molecule has 28 heavy (non-hydrogen) atoms. The van der Waals surface area contributed by atoms with Crippen molar-refractivity contribution in [1.29, 1.82) is 0 Å². The molecular formula is C19H25N3O6.